The fraction of sp³-hybridized carbons (Fsp3) is 0.955. The zero-order chi connectivity index (χ0) is 17.5. The summed E-state index contributed by atoms with van der Waals surface area (Å²) in [5, 5.41) is 0.555. The van der Waals surface area contributed by atoms with Gasteiger partial charge in [-0.1, -0.05) is 62.9 Å². The third-order valence-corrected chi connectivity index (χ3v) is 9.54. The molecule has 3 aliphatic rings. The van der Waals surface area contributed by atoms with Crippen molar-refractivity contribution in [2.45, 2.75) is 85.5 Å². The lowest BCUT2D eigenvalue weighted by atomic mass is 9.46. The molecule has 7 atom stereocenters. The molecule has 1 nitrogen and oxygen atoms in total. The molecule has 2 heteroatoms. The molecule has 24 heavy (non-hydrogen) atoms. The first kappa shape index (κ1) is 18.9. The van der Waals surface area contributed by atoms with Gasteiger partial charge >= 0.3 is 0 Å². The standard InChI is InChI=1S/C22H37BrO/c1-5-7-15-8-9-16-17-10-11-19(20(24)14-23)22(17,4)13-12-18(16)21(15,3)6-2/h15-19H,5-14H2,1-4H3/t15-,16+,17+,18+,19?,21+,22+/m1/s1. The van der Waals surface area contributed by atoms with Crippen LogP contribution in [-0.2, 0) is 4.79 Å². The number of halogens is 1. The van der Waals surface area contributed by atoms with Gasteiger partial charge in [-0.3, -0.25) is 4.79 Å². The number of rotatable bonds is 5. The number of Topliss-reactive ketones (excluding diaryl/α,β-unsaturated/α-hetero) is 1. The van der Waals surface area contributed by atoms with E-state index < -0.39 is 0 Å². The van der Waals surface area contributed by atoms with Gasteiger partial charge in [-0.05, 0) is 73.0 Å². The lowest BCUT2D eigenvalue weighted by Crippen LogP contribution is -2.52. The van der Waals surface area contributed by atoms with Gasteiger partial charge in [0.15, 0.2) is 0 Å². The maximum atomic E-state index is 12.5. The SMILES string of the molecule is CCC[C@@H]1CC[C@@H]2[C@H](CC[C@]3(C)C(C(=O)CBr)CC[C@@H]23)[C@@]1(C)CC. The summed E-state index contributed by atoms with van der Waals surface area (Å²) < 4.78 is 0. The highest BCUT2D eigenvalue weighted by atomic mass is 79.9. The highest BCUT2D eigenvalue weighted by molar-refractivity contribution is 9.09. The molecule has 0 saturated heterocycles. The van der Waals surface area contributed by atoms with E-state index in [1.165, 1.54) is 51.4 Å². The smallest absolute Gasteiger partial charge is 0.147 e. The minimum absolute atomic E-state index is 0.290. The van der Waals surface area contributed by atoms with Gasteiger partial charge in [0.05, 0.1) is 5.33 Å². The summed E-state index contributed by atoms with van der Waals surface area (Å²) in [5.74, 6) is 4.32. The topological polar surface area (TPSA) is 17.1 Å². The summed E-state index contributed by atoms with van der Waals surface area (Å²) in [7, 11) is 0. The predicted molar refractivity (Wildman–Crippen MR) is 105 cm³/mol. The van der Waals surface area contributed by atoms with Crippen LogP contribution in [0.15, 0.2) is 0 Å². The number of carbonyl (C=O) groups excluding carboxylic acids is 1. The van der Waals surface area contributed by atoms with E-state index in [2.05, 4.69) is 43.6 Å². The van der Waals surface area contributed by atoms with E-state index in [9.17, 15) is 4.79 Å². The Morgan fingerprint density at radius 1 is 1.04 bits per heavy atom. The molecule has 0 bridgehead atoms. The number of hydrogen-bond donors (Lipinski definition) is 0. The minimum atomic E-state index is 0.290. The van der Waals surface area contributed by atoms with Gasteiger partial charge in [-0.2, -0.15) is 0 Å². The molecule has 0 radical (unpaired) electrons. The Morgan fingerprint density at radius 2 is 1.79 bits per heavy atom. The van der Waals surface area contributed by atoms with Gasteiger partial charge in [-0.15, -0.1) is 0 Å². The van der Waals surface area contributed by atoms with Gasteiger partial charge < -0.3 is 0 Å². The summed E-state index contributed by atoms with van der Waals surface area (Å²) in [4.78, 5) is 12.5. The molecule has 0 aromatic rings. The molecule has 1 unspecified atom stereocenters. The Kier molecular flexibility index (Phi) is 5.56. The lowest BCUT2D eigenvalue weighted by Gasteiger charge is -2.59. The van der Waals surface area contributed by atoms with Crippen molar-refractivity contribution < 1.29 is 4.79 Å². The summed E-state index contributed by atoms with van der Waals surface area (Å²) in [6.07, 6.45) is 12.1. The molecular formula is C22H37BrO. The summed E-state index contributed by atoms with van der Waals surface area (Å²) >= 11 is 3.44. The van der Waals surface area contributed by atoms with E-state index in [0.717, 1.165) is 30.1 Å². The molecule has 3 saturated carbocycles. The normalized spacial score (nSPS) is 48.0. The molecular weight excluding hydrogens is 360 g/mol. The Bertz CT molecular complexity index is 475. The van der Waals surface area contributed by atoms with Crippen molar-refractivity contribution in [2.24, 2.45) is 40.4 Å². The maximum Gasteiger partial charge on any atom is 0.147 e. The van der Waals surface area contributed by atoms with E-state index >= 15 is 0 Å². The summed E-state index contributed by atoms with van der Waals surface area (Å²) in [6, 6.07) is 0. The molecule has 138 valence electrons. The predicted octanol–water partition coefficient (Wildman–Crippen LogP) is 6.64. The van der Waals surface area contributed by atoms with Gasteiger partial charge in [0.1, 0.15) is 5.78 Å². The Labute approximate surface area is 157 Å². The van der Waals surface area contributed by atoms with Gasteiger partial charge in [0.25, 0.3) is 0 Å². The number of alkyl halides is 1. The molecule has 0 amide bonds. The van der Waals surface area contributed by atoms with Crippen LogP contribution < -0.4 is 0 Å². The average molecular weight is 397 g/mol. The third-order valence-electron chi connectivity index (χ3n) is 8.98. The fourth-order valence-corrected chi connectivity index (χ4v) is 7.92. The van der Waals surface area contributed by atoms with E-state index in [1.54, 1.807) is 0 Å². The third kappa shape index (κ3) is 2.74. The van der Waals surface area contributed by atoms with Crippen LogP contribution in [0.3, 0.4) is 0 Å². The average Bonchev–Trinajstić information content (AvgIpc) is 2.94. The first-order chi connectivity index (χ1) is 11.4. The van der Waals surface area contributed by atoms with Crippen LogP contribution in [0, 0.1) is 40.4 Å². The van der Waals surface area contributed by atoms with Crippen molar-refractivity contribution in [3.63, 3.8) is 0 Å². The molecule has 3 rings (SSSR count). The first-order valence-corrected chi connectivity index (χ1v) is 11.6. The maximum absolute atomic E-state index is 12.5. The molecule has 3 aliphatic carbocycles. The Morgan fingerprint density at radius 3 is 2.42 bits per heavy atom. The Balaban J connectivity index is 1.86. The summed E-state index contributed by atoms with van der Waals surface area (Å²) in [6.45, 7) is 9.87. The van der Waals surface area contributed by atoms with E-state index in [0.29, 0.717) is 22.4 Å². The van der Waals surface area contributed by atoms with Crippen molar-refractivity contribution in [1.82, 2.24) is 0 Å². The molecule has 0 spiro atoms. The van der Waals surface area contributed by atoms with Crippen molar-refractivity contribution in [3.05, 3.63) is 0 Å². The molecule has 0 aromatic carbocycles. The first-order valence-electron chi connectivity index (χ1n) is 10.5. The van der Waals surface area contributed by atoms with E-state index in [-0.39, 0.29) is 5.41 Å². The van der Waals surface area contributed by atoms with Crippen LogP contribution in [0.25, 0.3) is 0 Å². The Hall–Kier alpha value is 0.150. The van der Waals surface area contributed by atoms with Gasteiger partial charge in [0, 0.05) is 5.92 Å². The van der Waals surface area contributed by atoms with Crippen molar-refractivity contribution in [3.8, 4) is 0 Å². The zero-order valence-electron chi connectivity index (χ0n) is 16.2. The molecule has 0 aliphatic heterocycles. The largest absolute Gasteiger partial charge is 0.298 e. The second kappa shape index (κ2) is 7.05. The molecule has 0 aromatic heterocycles. The van der Waals surface area contributed by atoms with Crippen molar-refractivity contribution in [2.75, 3.05) is 5.33 Å². The van der Waals surface area contributed by atoms with Crippen LogP contribution in [0.4, 0.5) is 0 Å². The van der Waals surface area contributed by atoms with Crippen LogP contribution in [0.1, 0.15) is 85.5 Å². The second-order valence-electron chi connectivity index (χ2n) is 9.57. The number of hydrogen-bond acceptors (Lipinski definition) is 1. The van der Waals surface area contributed by atoms with Crippen LogP contribution in [0.5, 0.6) is 0 Å². The summed E-state index contributed by atoms with van der Waals surface area (Å²) in [5.41, 5.74) is 0.829. The van der Waals surface area contributed by atoms with Gasteiger partial charge in [-0.25, -0.2) is 0 Å². The zero-order valence-corrected chi connectivity index (χ0v) is 17.8. The number of fused-ring (bicyclic) bond motifs is 3. The molecule has 0 N–H and O–H groups in total. The quantitative estimate of drug-likeness (QED) is 0.476. The van der Waals surface area contributed by atoms with Crippen molar-refractivity contribution in [1.29, 1.82) is 0 Å². The fourth-order valence-electron chi connectivity index (χ4n) is 7.53. The number of ketones is 1. The van der Waals surface area contributed by atoms with Crippen molar-refractivity contribution >= 4 is 21.7 Å². The number of carbonyl (C=O) groups is 1. The monoisotopic (exact) mass is 396 g/mol. The van der Waals surface area contributed by atoms with Crippen LogP contribution in [0.2, 0.25) is 0 Å². The minimum Gasteiger partial charge on any atom is -0.298 e. The second-order valence-corrected chi connectivity index (χ2v) is 10.1. The van der Waals surface area contributed by atoms with E-state index in [1.807, 2.05) is 0 Å². The van der Waals surface area contributed by atoms with E-state index in [4.69, 9.17) is 0 Å². The highest BCUT2D eigenvalue weighted by Gasteiger charge is 2.59. The lowest BCUT2D eigenvalue weighted by molar-refractivity contribution is -0.130. The molecule has 3 fully saturated rings. The van der Waals surface area contributed by atoms with Gasteiger partial charge in [0.2, 0.25) is 0 Å². The molecule has 0 heterocycles. The highest BCUT2D eigenvalue weighted by Crippen LogP contribution is 2.66. The van der Waals surface area contributed by atoms with Crippen LogP contribution in [-0.4, -0.2) is 11.1 Å². The van der Waals surface area contributed by atoms with Crippen LogP contribution >= 0.6 is 15.9 Å².